The number of allylic oxidation sites excluding steroid dienone is 1. The average Bonchev–Trinajstić information content (AvgIpc) is 2.38. The summed E-state index contributed by atoms with van der Waals surface area (Å²) in [4.78, 5) is 0. The molecular formula is C14H24S4. The molecule has 0 aliphatic carbocycles. The largest absolute Gasteiger partial charge is 0.148 e. The van der Waals surface area contributed by atoms with Crippen molar-refractivity contribution in [2.75, 3.05) is 23.0 Å². The van der Waals surface area contributed by atoms with E-state index in [1.807, 2.05) is 0 Å². The Morgan fingerprint density at radius 3 is 2.28 bits per heavy atom. The predicted octanol–water partition coefficient (Wildman–Crippen LogP) is 5.50. The molecule has 0 saturated carbocycles. The van der Waals surface area contributed by atoms with E-state index in [1.54, 1.807) is 0 Å². The molecule has 2 rings (SSSR count). The van der Waals surface area contributed by atoms with Crippen LogP contribution in [-0.4, -0.2) is 31.7 Å². The molecule has 0 unspecified atom stereocenters. The van der Waals surface area contributed by atoms with E-state index in [0.29, 0.717) is 4.08 Å². The quantitative estimate of drug-likeness (QED) is 0.627. The maximum atomic E-state index is 2.54. The number of thioether (sulfide) groups is 4. The van der Waals surface area contributed by atoms with E-state index in [-0.39, 0.29) is 0 Å². The number of rotatable bonds is 4. The van der Waals surface area contributed by atoms with Crippen LogP contribution < -0.4 is 0 Å². The van der Waals surface area contributed by atoms with Crippen molar-refractivity contribution in [3.8, 4) is 0 Å². The van der Waals surface area contributed by atoms with Crippen molar-refractivity contribution >= 4 is 47.0 Å². The first-order chi connectivity index (χ1) is 8.70. The molecule has 18 heavy (non-hydrogen) atoms. The zero-order chi connectivity index (χ0) is 12.8. The Bertz CT molecular complexity index is 272. The molecule has 0 radical (unpaired) electrons. The monoisotopic (exact) mass is 320 g/mol. The molecular weight excluding hydrogens is 296 g/mol. The first kappa shape index (κ1) is 15.5. The molecule has 0 N–H and O–H groups in total. The summed E-state index contributed by atoms with van der Waals surface area (Å²) in [6.45, 7) is 4.50. The van der Waals surface area contributed by atoms with Crippen molar-refractivity contribution < 1.29 is 0 Å². The second-order valence-corrected chi connectivity index (χ2v) is 11.2. The zero-order valence-corrected chi connectivity index (χ0v) is 14.7. The summed E-state index contributed by atoms with van der Waals surface area (Å²) < 4.78 is 1.26. The third kappa shape index (κ3) is 4.92. The van der Waals surface area contributed by atoms with Crippen molar-refractivity contribution in [2.45, 2.75) is 48.2 Å². The van der Waals surface area contributed by atoms with Gasteiger partial charge in [0.2, 0.25) is 0 Å². The summed E-state index contributed by atoms with van der Waals surface area (Å²) in [5.41, 5.74) is 1.49. The van der Waals surface area contributed by atoms with Crippen LogP contribution in [-0.2, 0) is 0 Å². The first-order valence-corrected chi connectivity index (χ1v) is 10.9. The lowest BCUT2D eigenvalue weighted by Crippen LogP contribution is -2.24. The minimum Gasteiger partial charge on any atom is -0.148 e. The summed E-state index contributed by atoms with van der Waals surface area (Å²) in [5, 5.41) is 0. The van der Waals surface area contributed by atoms with Crippen LogP contribution >= 0.6 is 47.0 Å². The number of hydrogen-bond acceptors (Lipinski definition) is 4. The summed E-state index contributed by atoms with van der Waals surface area (Å²) >= 11 is 8.78. The highest BCUT2D eigenvalue weighted by Gasteiger charge is 2.32. The van der Waals surface area contributed by atoms with Gasteiger partial charge in [0.25, 0.3) is 0 Å². The van der Waals surface area contributed by atoms with Crippen molar-refractivity contribution in [1.29, 1.82) is 0 Å². The Morgan fingerprint density at radius 2 is 1.67 bits per heavy atom. The zero-order valence-electron chi connectivity index (χ0n) is 11.4. The van der Waals surface area contributed by atoms with Gasteiger partial charge in [0.1, 0.15) is 0 Å². The van der Waals surface area contributed by atoms with Gasteiger partial charge in [-0.3, -0.25) is 0 Å². The van der Waals surface area contributed by atoms with Crippen molar-refractivity contribution in [1.82, 2.24) is 0 Å². The maximum Gasteiger partial charge on any atom is 0.0794 e. The molecule has 0 amide bonds. The maximum absolute atomic E-state index is 2.54. The van der Waals surface area contributed by atoms with Gasteiger partial charge >= 0.3 is 0 Å². The molecule has 2 saturated heterocycles. The summed E-state index contributed by atoms with van der Waals surface area (Å²) in [6.07, 6.45) is 8.09. The van der Waals surface area contributed by atoms with Gasteiger partial charge in [0.15, 0.2) is 0 Å². The smallest absolute Gasteiger partial charge is 0.0794 e. The molecule has 2 fully saturated rings. The normalized spacial score (nSPS) is 24.8. The third-order valence-electron chi connectivity index (χ3n) is 3.11. The van der Waals surface area contributed by atoms with E-state index < -0.39 is 0 Å². The van der Waals surface area contributed by atoms with Gasteiger partial charge in [-0.25, -0.2) is 0 Å². The van der Waals surface area contributed by atoms with Gasteiger partial charge in [-0.15, -0.1) is 47.0 Å². The summed E-state index contributed by atoms with van der Waals surface area (Å²) in [5.74, 6) is 5.46. The highest BCUT2D eigenvalue weighted by Crippen LogP contribution is 2.49. The molecule has 2 aliphatic heterocycles. The summed E-state index contributed by atoms with van der Waals surface area (Å²) in [7, 11) is 0. The van der Waals surface area contributed by atoms with Crippen molar-refractivity contribution in [3.05, 3.63) is 11.6 Å². The van der Waals surface area contributed by atoms with E-state index in [9.17, 15) is 0 Å². The lowest BCUT2D eigenvalue weighted by atomic mass is 10.2. The van der Waals surface area contributed by atoms with E-state index in [4.69, 9.17) is 0 Å². The van der Waals surface area contributed by atoms with Gasteiger partial charge in [-0.2, -0.15) is 0 Å². The molecule has 0 spiro atoms. The van der Waals surface area contributed by atoms with Crippen LogP contribution in [0.4, 0.5) is 0 Å². The second-order valence-electron chi connectivity index (χ2n) is 5.15. The fourth-order valence-electron chi connectivity index (χ4n) is 2.35. The molecule has 0 aromatic carbocycles. The Morgan fingerprint density at radius 1 is 1.06 bits per heavy atom. The highest BCUT2D eigenvalue weighted by molar-refractivity contribution is 8.19. The summed E-state index contributed by atoms with van der Waals surface area (Å²) in [6, 6.07) is 0. The lowest BCUT2D eigenvalue weighted by molar-refractivity contribution is 0.769. The molecule has 104 valence electrons. The van der Waals surface area contributed by atoms with Gasteiger partial charge < -0.3 is 0 Å². The SMILES string of the molecule is CC(C)=CC1(CCC2SCCCS2)SCCCS1. The van der Waals surface area contributed by atoms with Gasteiger partial charge in [0, 0.05) is 0 Å². The Kier molecular flexibility index (Phi) is 6.73. The second kappa shape index (κ2) is 7.80. The number of hydrogen-bond donors (Lipinski definition) is 0. The van der Waals surface area contributed by atoms with Gasteiger partial charge in [0.05, 0.1) is 8.66 Å². The van der Waals surface area contributed by atoms with E-state index >= 15 is 0 Å². The molecule has 0 aromatic rings. The molecule has 2 heterocycles. The molecule has 0 aromatic heterocycles. The standard InChI is InChI=1S/C14H24S4/c1-12(2)11-14(17-9-4-10-18-14)6-5-13-15-7-3-8-16-13/h11,13H,3-10H2,1-2H3. The lowest BCUT2D eigenvalue weighted by Gasteiger charge is -2.35. The topological polar surface area (TPSA) is 0 Å². The van der Waals surface area contributed by atoms with E-state index in [1.165, 1.54) is 54.3 Å². The Balaban J connectivity index is 1.90. The van der Waals surface area contributed by atoms with Crippen LogP contribution in [0.5, 0.6) is 0 Å². The van der Waals surface area contributed by atoms with Crippen LogP contribution in [0.25, 0.3) is 0 Å². The third-order valence-corrected chi connectivity index (χ3v) is 9.51. The van der Waals surface area contributed by atoms with Gasteiger partial charge in [-0.05, 0) is 62.5 Å². The fraction of sp³-hybridized carbons (Fsp3) is 0.857. The molecule has 0 atom stereocenters. The van der Waals surface area contributed by atoms with Crippen molar-refractivity contribution in [2.24, 2.45) is 0 Å². The average molecular weight is 321 g/mol. The van der Waals surface area contributed by atoms with Gasteiger partial charge in [-0.1, -0.05) is 11.6 Å². The van der Waals surface area contributed by atoms with Crippen LogP contribution in [0.1, 0.15) is 39.5 Å². The van der Waals surface area contributed by atoms with Crippen LogP contribution in [0, 0.1) is 0 Å². The molecule has 4 heteroatoms. The molecule has 0 nitrogen and oxygen atoms in total. The Hall–Kier alpha value is 1.14. The predicted molar refractivity (Wildman–Crippen MR) is 94.3 cm³/mol. The molecule has 2 aliphatic rings. The fourth-order valence-corrected chi connectivity index (χ4v) is 8.66. The minimum absolute atomic E-state index is 0.398. The van der Waals surface area contributed by atoms with Crippen LogP contribution in [0.2, 0.25) is 0 Å². The van der Waals surface area contributed by atoms with Crippen LogP contribution in [0.15, 0.2) is 11.6 Å². The minimum atomic E-state index is 0.398. The molecule has 0 bridgehead atoms. The first-order valence-electron chi connectivity index (χ1n) is 6.87. The highest BCUT2D eigenvalue weighted by atomic mass is 32.2. The van der Waals surface area contributed by atoms with E-state index in [0.717, 1.165) is 4.58 Å². The van der Waals surface area contributed by atoms with Crippen molar-refractivity contribution in [3.63, 3.8) is 0 Å². The van der Waals surface area contributed by atoms with Crippen LogP contribution in [0.3, 0.4) is 0 Å². The van der Waals surface area contributed by atoms with E-state index in [2.05, 4.69) is 67.0 Å². The Labute approximate surface area is 129 Å².